The van der Waals surface area contributed by atoms with E-state index >= 15 is 0 Å². The zero-order chi connectivity index (χ0) is 34.5. The van der Waals surface area contributed by atoms with Gasteiger partial charge in [-0.15, -0.1) is 0 Å². The van der Waals surface area contributed by atoms with Crippen molar-refractivity contribution in [1.82, 2.24) is 24.9 Å². The van der Waals surface area contributed by atoms with Crippen LogP contribution in [0, 0.1) is 11.6 Å². The van der Waals surface area contributed by atoms with Crippen LogP contribution >= 0.6 is 31.9 Å². The van der Waals surface area contributed by atoms with E-state index in [-0.39, 0.29) is 11.6 Å². The molecule has 1 fully saturated rings. The van der Waals surface area contributed by atoms with Crippen LogP contribution in [0.1, 0.15) is 39.0 Å². The molecule has 6 aromatic rings. The maximum atomic E-state index is 14.7. The maximum absolute atomic E-state index is 14.7. The van der Waals surface area contributed by atoms with E-state index < -0.39 is 0 Å². The SMILES string of the molecule is CCCCOc1ccc(-c2nn(C)c3cc(Br)ccc23)c(F)c1.Cn1nc(-c2ccc(OCCCNC3CC3)cc2F)c2ccc(Br)cc21. The van der Waals surface area contributed by atoms with Crippen LogP contribution in [0.25, 0.3) is 44.3 Å². The van der Waals surface area contributed by atoms with Crippen molar-refractivity contribution in [2.45, 2.75) is 45.1 Å². The van der Waals surface area contributed by atoms with Gasteiger partial charge in [0.25, 0.3) is 0 Å². The van der Waals surface area contributed by atoms with E-state index in [0.29, 0.717) is 53.3 Å². The quantitative estimate of drug-likeness (QED) is 0.125. The molecule has 0 bridgehead atoms. The maximum Gasteiger partial charge on any atom is 0.136 e. The van der Waals surface area contributed by atoms with Crippen LogP contribution in [0.5, 0.6) is 11.5 Å². The average Bonchev–Trinajstić information content (AvgIpc) is 3.78. The molecule has 1 N–H and O–H groups in total. The summed E-state index contributed by atoms with van der Waals surface area (Å²) >= 11 is 6.92. The Morgan fingerprint density at radius 1 is 0.714 bits per heavy atom. The van der Waals surface area contributed by atoms with Crippen LogP contribution < -0.4 is 14.8 Å². The Balaban J connectivity index is 0.000000171. The molecule has 1 aliphatic carbocycles. The number of nitrogens with zero attached hydrogens (tertiary/aromatic N) is 4. The lowest BCUT2D eigenvalue weighted by Crippen LogP contribution is -2.19. The van der Waals surface area contributed by atoms with Gasteiger partial charge >= 0.3 is 0 Å². The van der Waals surface area contributed by atoms with E-state index in [2.05, 4.69) is 54.3 Å². The molecule has 256 valence electrons. The molecular weight excluding hydrogens is 756 g/mol. The third-order valence-corrected chi connectivity index (χ3v) is 9.37. The number of aryl methyl sites for hydroxylation is 2. The zero-order valence-corrected chi connectivity index (χ0v) is 31.0. The Hall–Kier alpha value is -3.80. The van der Waals surface area contributed by atoms with E-state index in [0.717, 1.165) is 56.6 Å². The number of unbranched alkanes of at least 4 members (excludes halogenated alkanes) is 1. The number of halogens is 4. The molecule has 0 aliphatic heterocycles. The Labute approximate surface area is 301 Å². The molecule has 7 rings (SSSR count). The summed E-state index contributed by atoms with van der Waals surface area (Å²) in [4.78, 5) is 0. The predicted octanol–water partition coefficient (Wildman–Crippen LogP) is 9.98. The first-order valence-electron chi connectivity index (χ1n) is 16.5. The second-order valence-corrected chi connectivity index (χ2v) is 14.0. The normalized spacial score (nSPS) is 12.7. The van der Waals surface area contributed by atoms with Crippen molar-refractivity contribution in [3.05, 3.63) is 93.4 Å². The van der Waals surface area contributed by atoms with Gasteiger partial charge in [0.1, 0.15) is 34.5 Å². The number of aromatic nitrogens is 4. The fraction of sp³-hybridized carbons (Fsp3) is 0.316. The number of rotatable bonds is 12. The predicted molar refractivity (Wildman–Crippen MR) is 199 cm³/mol. The lowest BCUT2D eigenvalue weighted by atomic mass is 10.1. The number of nitrogens with one attached hydrogen (secondary N) is 1. The summed E-state index contributed by atoms with van der Waals surface area (Å²) in [6.45, 7) is 4.23. The van der Waals surface area contributed by atoms with Crippen LogP contribution in [-0.4, -0.2) is 45.4 Å². The molecule has 2 heterocycles. The molecule has 4 aromatic carbocycles. The number of ether oxygens (including phenoxy) is 2. The molecule has 11 heteroatoms. The Kier molecular flexibility index (Phi) is 11.3. The number of fused-ring (bicyclic) bond motifs is 2. The number of benzene rings is 4. The summed E-state index contributed by atoms with van der Waals surface area (Å²) < 4.78 is 45.9. The van der Waals surface area contributed by atoms with Gasteiger partial charge in [-0.1, -0.05) is 45.2 Å². The van der Waals surface area contributed by atoms with Crippen LogP contribution in [0.4, 0.5) is 8.78 Å². The van der Waals surface area contributed by atoms with Gasteiger partial charge in [-0.3, -0.25) is 9.36 Å². The van der Waals surface area contributed by atoms with Crippen LogP contribution in [-0.2, 0) is 14.1 Å². The zero-order valence-electron chi connectivity index (χ0n) is 27.8. The summed E-state index contributed by atoms with van der Waals surface area (Å²) in [5.41, 5.74) is 4.18. The van der Waals surface area contributed by atoms with Crippen molar-refractivity contribution < 1.29 is 18.3 Å². The Bertz CT molecular complexity index is 2080. The van der Waals surface area contributed by atoms with Crippen molar-refractivity contribution in [1.29, 1.82) is 0 Å². The van der Waals surface area contributed by atoms with Crippen molar-refractivity contribution >= 4 is 53.7 Å². The molecule has 0 saturated heterocycles. The minimum Gasteiger partial charge on any atom is -0.493 e. The van der Waals surface area contributed by atoms with E-state index in [4.69, 9.17) is 9.47 Å². The van der Waals surface area contributed by atoms with Crippen LogP contribution in [0.2, 0.25) is 0 Å². The van der Waals surface area contributed by atoms with Gasteiger partial charge < -0.3 is 14.8 Å². The highest BCUT2D eigenvalue weighted by Gasteiger charge is 2.20. The molecule has 0 unspecified atom stereocenters. The molecule has 0 amide bonds. The smallest absolute Gasteiger partial charge is 0.136 e. The Morgan fingerprint density at radius 2 is 1.20 bits per heavy atom. The minimum absolute atomic E-state index is 0.318. The third-order valence-electron chi connectivity index (χ3n) is 8.39. The van der Waals surface area contributed by atoms with Gasteiger partial charge in [0.15, 0.2) is 0 Å². The molecule has 1 aliphatic rings. The van der Waals surface area contributed by atoms with Gasteiger partial charge in [-0.2, -0.15) is 10.2 Å². The van der Waals surface area contributed by atoms with E-state index in [9.17, 15) is 8.78 Å². The molecular formula is C38H39Br2F2N5O2. The fourth-order valence-electron chi connectivity index (χ4n) is 5.60. The van der Waals surface area contributed by atoms with Gasteiger partial charge in [0.05, 0.1) is 24.2 Å². The largest absolute Gasteiger partial charge is 0.493 e. The molecule has 2 aromatic heterocycles. The molecule has 0 radical (unpaired) electrons. The van der Waals surface area contributed by atoms with Crippen molar-refractivity contribution in [3.63, 3.8) is 0 Å². The van der Waals surface area contributed by atoms with Gasteiger partial charge in [-0.05, 0) is 92.9 Å². The van der Waals surface area contributed by atoms with Gasteiger partial charge in [-0.25, -0.2) is 8.78 Å². The first kappa shape index (κ1) is 35.0. The molecule has 7 nitrogen and oxygen atoms in total. The molecule has 49 heavy (non-hydrogen) atoms. The van der Waals surface area contributed by atoms with Gasteiger partial charge in [0.2, 0.25) is 0 Å². The Morgan fingerprint density at radius 3 is 1.65 bits per heavy atom. The van der Waals surface area contributed by atoms with Crippen molar-refractivity contribution in [3.8, 4) is 34.0 Å². The van der Waals surface area contributed by atoms with Gasteiger partial charge in [0, 0.05) is 63.1 Å². The standard InChI is InChI=1S/C20H21BrFN3O.C18H18BrFN2O/c1-25-19-11-13(21)3-7-17(19)20(24-25)16-8-6-15(12-18(16)22)26-10-2-9-23-14-4-5-14;1-3-4-9-23-13-6-8-14(16(20)11-13)18-15-7-5-12(19)10-17(15)22(2)21-18/h3,6-8,11-12,14,23H,2,4-5,9-10H2,1H3;5-8,10-11H,3-4,9H2,1-2H3. The summed E-state index contributed by atoms with van der Waals surface area (Å²) in [6, 6.07) is 22.4. The number of hydrogen-bond acceptors (Lipinski definition) is 5. The molecule has 0 atom stereocenters. The van der Waals surface area contributed by atoms with E-state index in [1.54, 1.807) is 27.6 Å². The topological polar surface area (TPSA) is 66.1 Å². The fourth-order valence-corrected chi connectivity index (χ4v) is 6.30. The summed E-state index contributed by atoms with van der Waals surface area (Å²) in [5.74, 6) is 0.478. The first-order valence-corrected chi connectivity index (χ1v) is 18.1. The molecule has 1 saturated carbocycles. The second kappa shape index (κ2) is 15.8. The lowest BCUT2D eigenvalue weighted by molar-refractivity contribution is 0.306. The minimum atomic E-state index is -0.318. The highest BCUT2D eigenvalue weighted by molar-refractivity contribution is 9.10. The highest BCUT2D eigenvalue weighted by atomic mass is 79.9. The molecule has 0 spiro atoms. The van der Waals surface area contributed by atoms with Crippen molar-refractivity contribution in [2.24, 2.45) is 14.1 Å². The second-order valence-electron chi connectivity index (χ2n) is 12.2. The van der Waals surface area contributed by atoms with Crippen LogP contribution in [0.3, 0.4) is 0 Å². The van der Waals surface area contributed by atoms with E-state index in [1.807, 2.05) is 56.6 Å². The monoisotopic (exact) mass is 793 g/mol. The number of hydrogen-bond donors (Lipinski definition) is 1. The first-order chi connectivity index (χ1) is 23.7. The summed E-state index contributed by atoms with van der Waals surface area (Å²) in [5, 5.41) is 14.3. The third kappa shape index (κ3) is 8.51. The lowest BCUT2D eigenvalue weighted by Gasteiger charge is -2.08. The summed E-state index contributed by atoms with van der Waals surface area (Å²) in [6.07, 6.45) is 5.50. The van der Waals surface area contributed by atoms with E-state index in [1.165, 1.54) is 25.0 Å². The average molecular weight is 796 g/mol. The van der Waals surface area contributed by atoms with Crippen molar-refractivity contribution in [2.75, 3.05) is 19.8 Å². The highest BCUT2D eigenvalue weighted by Crippen LogP contribution is 2.34. The summed E-state index contributed by atoms with van der Waals surface area (Å²) in [7, 11) is 3.72. The van der Waals surface area contributed by atoms with Crippen LogP contribution in [0.15, 0.2) is 81.7 Å².